The summed E-state index contributed by atoms with van der Waals surface area (Å²) in [5, 5.41) is 5.42. The Hall–Kier alpha value is -2.12. The van der Waals surface area contributed by atoms with E-state index in [4.69, 9.17) is 5.73 Å². The zero-order chi connectivity index (χ0) is 20.0. The normalized spacial score (nSPS) is 25.4. The monoisotopic (exact) mass is 380 g/mol. The van der Waals surface area contributed by atoms with Crippen LogP contribution < -0.4 is 16.4 Å². The highest BCUT2D eigenvalue weighted by Gasteiger charge is 2.46. The molecule has 1 saturated heterocycles. The zero-order valence-corrected chi connectivity index (χ0v) is 16.3. The SMILES string of the molecule is CC(=O)N1C(C(=O)NCC(=O)NCC(C)CCC(N)=O)CC2CCCCC21. The molecule has 4 N–H and O–H groups in total. The van der Waals surface area contributed by atoms with Gasteiger partial charge in [0.1, 0.15) is 6.04 Å². The van der Waals surface area contributed by atoms with E-state index in [2.05, 4.69) is 10.6 Å². The van der Waals surface area contributed by atoms with Gasteiger partial charge in [0.05, 0.1) is 6.54 Å². The molecule has 0 aromatic heterocycles. The Morgan fingerprint density at radius 1 is 1.15 bits per heavy atom. The molecule has 4 amide bonds. The molecule has 0 bridgehead atoms. The number of nitrogens with two attached hydrogens (primary N) is 1. The average molecular weight is 380 g/mol. The molecule has 1 aliphatic carbocycles. The molecule has 8 nitrogen and oxygen atoms in total. The van der Waals surface area contributed by atoms with Crippen LogP contribution in [-0.4, -0.2) is 53.7 Å². The molecule has 2 aliphatic rings. The molecular formula is C19H32N4O4. The first-order chi connectivity index (χ1) is 12.8. The number of nitrogens with zero attached hydrogens (tertiary/aromatic N) is 1. The van der Waals surface area contributed by atoms with Crippen LogP contribution in [0.1, 0.15) is 58.8 Å². The third kappa shape index (κ3) is 5.94. The van der Waals surface area contributed by atoms with Gasteiger partial charge in [-0.05, 0) is 37.5 Å². The number of carbonyl (C=O) groups is 4. The molecule has 4 unspecified atom stereocenters. The van der Waals surface area contributed by atoms with Crippen LogP contribution in [0.25, 0.3) is 0 Å². The Morgan fingerprint density at radius 3 is 2.52 bits per heavy atom. The maximum Gasteiger partial charge on any atom is 0.243 e. The van der Waals surface area contributed by atoms with Crippen LogP contribution in [0.4, 0.5) is 0 Å². The third-order valence-corrected chi connectivity index (χ3v) is 5.71. The van der Waals surface area contributed by atoms with Gasteiger partial charge in [-0.3, -0.25) is 19.2 Å². The molecule has 0 radical (unpaired) electrons. The molecule has 0 aromatic carbocycles. The van der Waals surface area contributed by atoms with Gasteiger partial charge in [0.15, 0.2) is 0 Å². The fourth-order valence-electron chi connectivity index (χ4n) is 4.27. The van der Waals surface area contributed by atoms with Gasteiger partial charge >= 0.3 is 0 Å². The highest BCUT2D eigenvalue weighted by molar-refractivity contribution is 5.90. The minimum absolute atomic E-state index is 0.0720. The number of primary amides is 1. The number of hydrogen-bond donors (Lipinski definition) is 3. The van der Waals surface area contributed by atoms with Crippen LogP contribution in [0.15, 0.2) is 0 Å². The Kier molecular flexibility index (Phi) is 7.62. The summed E-state index contributed by atoms with van der Waals surface area (Å²) in [5.74, 6) is -0.442. The second kappa shape index (κ2) is 9.71. The summed E-state index contributed by atoms with van der Waals surface area (Å²) in [5.41, 5.74) is 5.11. The van der Waals surface area contributed by atoms with E-state index in [0.717, 1.165) is 25.7 Å². The number of hydrogen-bond acceptors (Lipinski definition) is 4. The first-order valence-electron chi connectivity index (χ1n) is 9.91. The van der Waals surface area contributed by atoms with Crippen LogP contribution in [-0.2, 0) is 19.2 Å². The van der Waals surface area contributed by atoms with Crippen molar-refractivity contribution in [3.63, 3.8) is 0 Å². The van der Waals surface area contributed by atoms with Crippen LogP contribution in [0.3, 0.4) is 0 Å². The van der Waals surface area contributed by atoms with Gasteiger partial charge < -0.3 is 21.3 Å². The number of amides is 4. The maximum atomic E-state index is 12.6. The predicted octanol–water partition coefficient (Wildman–Crippen LogP) is 0.300. The van der Waals surface area contributed by atoms with E-state index in [-0.39, 0.29) is 42.1 Å². The van der Waals surface area contributed by atoms with Crippen LogP contribution in [0.2, 0.25) is 0 Å². The van der Waals surface area contributed by atoms with Gasteiger partial charge in [0, 0.05) is 25.9 Å². The van der Waals surface area contributed by atoms with Crippen molar-refractivity contribution in [2.24, 2.45) is 17.6 Å². The van der Waals surface area contributed by atoms with Crippen molar-refractivity contribution in [2.75, 3.05) is 13.1 Å². The molecule has 152 valence electrons. The fraction of sp³-hybridized carbons (Fsp3) is 0.789. The Labute approximate surface area is 160 Å². The van der Waals surface area contributed by atoms with Gasteiger partial charge in [-0.2, -0.15) is 0 Å². The van der Waals surface area contributed by atoms with Gasteiger partial charge in [-0.25, -0.2) is 0 Å². The summed E-state index contributed by atoms with van der Waals surface area (Å²) in [6, 6.07) is -0.315. The summed E-state index contributed by atoms with van der Waals surface area (Å²) in [6.45, 7) is 3.75. The van der Waals surface area contributed by atoms with E-state index < -0.39 is 6.04 Å². The number of nitrogens with one attached hydrogen (secondary N) is 2. The lowest BCUT2D eigenvalue weighted by Crippen LogP contribution is -2.50. The van der Waals surface area contributed by atoms with Gasteiger partial charge in [0.25, 0.3) is 0 Å². The lowest BCUT2D eigenvalue weighted by Gasteiger charge is -2.32. The number of rotatable bonds is 8. The standard InChI is InChI=1S/C19H32N4O4/c1-12(7-8-17(20)25)10-21-18(26)11-22-19(27)16-9-14-5-3-4-6-15(14)23(16)13(2)24/h12,14-16H,3-11H2,1-2H3,(H2,20,25)(H,21,26)(H,22,27). The lowest BCUT2D eigenvalue weighted by molar-refractivity contribution is -0.139. The van der Waals surface area contributed by atoms with E-state index >= 15 is 0 Å². The average Bonchev–Trinajstić information content (AvgIpc) is 3.02. The molecular weight excluding hydrogens is 348 g/mol. The second-order valence-electron chi connectivity index (χ2n) is 7.92. The minimum atomic E-state index is -0.474. The summed E-state index contributed by atoms with van der Waals surface area (Å²) >= 11 is 0. The van der Waals surface area contributed by atoms with Crippen molar-refractivity contribution in [1.82, 2.24) is 15.5 Å². The van der Waals surface area contributed by atoms with Crippen LogP contribution in [0, 0.1) is 11.8 Å². The molecule has 2 rings (SSSR count). The number of likely N-dealkylation sites (tertiary alicyclic amines) is 1. The third-order valence-electron chi connectivity index (χ3n) is 5.71. The molecule has 4 atom stereocenters. The second-order valence-corrected chi connectivity index (χ2v) is 7.92. The highest BCUT2D eigenvalue weighted by atomic mass is 16.2. The summed E-state index contributed by atoms with van der Waals surface area (Å²) in [6.07, 6.45) is 5.84. The summed E-state index contributed by atoms with van der Waals surface area (Å²) < 4.78 is 0. The van der Waals surface area contributed by atoms with Crippen molar-refractivity contribution in [3.8, 4) is 0 Å². The first-order valence-corrected chi connectivity index (χ1v) is 9.91. The number of carbonyl (C=O) groups excluding carboxylic acids is 4. The van der Waals surface area contributed by atoms with Crippen molar-refractivity contribution in [3.05, 3.63) is 0 Å². The maximum absolute atomic E-state index is 12.6. The first kappa shape index (κ1) is 21.2. The van der Waals surface area contributed by atoms with Crippen LogP contribution >= 0.6 is 0 Å². The predicted molar refractivity (Wildman–Crippen MR) is 100 cm³/mol. The van der Waals surface area contributed by atoms with Crippen molar-refractivity contribution in [2.45, 2.75) is 70.9 Å². The van der Waals surface area contributed by atoms with Crippen molar-refractivity contribution >= 4 is 23.6 Å². The topological polar surface area (TPSA) is 122 Å². The highest BCUT2D eigenvalue weighted by Crippen LogP contribution is 2.39. The minimum Gasteiger partial charge on any atom is -0.370 e. The molecule has 1 aliphatic heterocycles. The Morgan fingerprint density at radius 2 is 1.85 bits per heavy atom. The smallest absolute Gasteiger partial charge is 0.243 e. The van der Waals surface area contributed by atoms with Crippen molar-refractivity contribution < 1.29 is 19.2 Å². The number of fused-ring (bicyclic) bond motifs is 1. The van der Waals surface area contributed by atoms with E-state index in [9.17, 15) is 19.2 Å². The van der Waals surface area contributed by atoms with E-state index in [0.29, 0.717) is 31.7 Å². The zero-order valence-electron chi connectivity index (χ0n) is 16.3. The van der Waals surface area contributed by atoms with Gasteiger partial charge in [0.2, 0.25) is 23.6 Å². The van der Waals surface area contributed by atoms with Gasteiger partial charge in [-0.15, -0.1) is 0 Å². The molecule has 27 heavy (non-hydrogen) atoms. The Balaban J connectivity index is 1.78. The van der Waals surface area contributed by atoms with Crippen LogP contribution in [0.5, 0.6) is 0 Å². The van der Waals surface area contributed by atoms with E-state index in [1.54, 1.807) is 4.90 Å². The summed E-state index contributed by atoms with van der Waals surface area (Å²) in [7, 11) is 0. The molecule has 0 spiro atoms. The molecule has 1 heterocycles. The van der Waals surface area contributed by atoms with Crippen molar-refractivity contribution in [1.29, 1.82) is 0 Å². The Bertz CT molecular complexity index is 580. The fourth-order valence-corrected chi connectivity index (χ4v) is 4.27. The molecule has 8 heteroatoms. The summed E-state index contributed by atoms with van der Waals surface area (Å²) in [4.78, 5) is 49.1. The largest absolute Gasteiger partial charge is 0.370 e. The molecule has 0 aromatic rings. The lowest BCUT2D eigenvalue weighted by atomic mass is 9.84. The molecule has 2 fully saturated rings. The quantitative estimate of drug-likeness (QED) is 0.560. The van der Waals surface area contributed by atoms with E-state index in [1.165, 1.54) is 6.92 Å². The van der Waals surface area contributed by atoms with Gasteiger partial charge in [-0.1, -0.05) is 19.8 Å². The van der Waals surface area contributed by atoms with E-state index in [1.807, 2.05) is 6.92 Å². The molecule has 1 saturated carbocycles.